The highest BCUT2D eigenvalue weighted by Crippen LogP contribution is 2.37. The van der Waals surface area contributed by atoms with Crippen molar-refractivity contribution in [3.05, 3.63) is 63.7 Å². The lowest BCUT2D eigenvalue weighted by atomic mass is 9.92. The van der Waals surface area contributed by atoms with Crippen molar-refractivity contribution in [1.82, 2.24) is 0 Å². The second-order valence-corrected chi connectivity index (χ2v) is 8.90. The van der Waals surface area contributed by atoms with Gasteiger partial charge in [0, 0.05) is 5.02 Å². The topological polar surface area (TPSA) is 79.2 Å². The van der Waals surface area contributed by atoms with Crippen LogP contribution in [0.25, 0.3) is 0 Å². The van der Waals surface area contributed by atoms with Gasteiger partial charge in [-0.3, -0.25) is 0 Å². The predicted octanol–water partition coefficient (Wildman–Crippen LogP) is 3.10. The first-order chi connectivity index (χ1) is 14.0. The van der Waals surface area contributed by atoms with Crippen LogP contribution in [0.3, 0.4) is 0 Å². The molecular weight excluding hydrogens is 412 g/mol. The van der Waals surface area contributed by atoms with Crippen molar-refractivity contribution in [3.63, 3.8) is 0 Å². The van der Waals surface area contributed by atoms with Crippen molar-refractivity contribution in [1.29, 1.82) is 0 Å². The highest BCUT2D eigenvalue weighted by Gasteiger charge is 2.44. The van der Waals surface area contributed by atoms with E-state index < -0.39 is 29.9 Å². The molecule has 0 amide bonds. The lowest BCUT2D eigenvalue weighted by Crippen LogP contribution is -2.52. The van der Waals surface area contributed by atoms with Crippen molar-refractivity contribution in [2.75, 3.05) is 12.9 Å². The Morgan fingerprint density at radius 1 is 1.07 bits per heavy atom. The number of halogens is 1. The Morgan fingerprint density at radius 3 is 2.69 bits per heavy atom. The summed E-state index contributed by atoms with van der Waals surface area (Å²) in [5, 5.41) is 31.4. The van der Waals surface area contributed by atoms with E-state index in [4.69, 9.17) is 21.1 Å². The van der Waals surface area contributed by atoms with E-state index in [-0.39, 0.29) is 0 Å². The molecule has 5 nitrogen and oxygen atoms in total. The zero-order chi connectivity index (χ0) is 20.5. The first-order valence-electron chi connectivity index (χ1n) is 9.73. The molecule has 29 heavy (non-hydrogen) atoms. The number of aliphatic hydroxyl groups is 3. The van der Waals surface area contributed by atoms with E-state index in [2.05, 4.69) is 6.07 Å². The van der Waals surface area contributed by atoms with Crippen LogP contribution in [0.5, 0.6) is 5.75 Å². The molecule has 7 heteroatoms. The summed E-state index contributed by atoms with van der Waals surface area (Å²) in [6, 6.07) is 11.7. The Labute approximate surface area is 179 Å². The number of hydrogen-bond acceptors (Lipinski definition) is 6. The third kappa shape index (κ3) is 4.29. The first-order valence-corrected chi connectivity index (χ1v) is 11.4. The molecule has 1 fully saturated rings. The van der Waals surface area contributed by atoms with Gasteiger partial charge in [-0.05, 0) is 59.9 Å². The Kier molecular flexibility index (Phi) is 6.39. The Bertz CT molecular complexity index is 874. The smallest absolute Gasteiger partial charge is 0.132 e. The van der Waals surface area contributed by atoms with Crippen LogP contribution in [0.2, 0.25) is 5.02 Å². The molecule has 0 saturated carbocycles. The first kappa shape index (κ1) is 21.0. The molecule has 5 atom stereocenters. The molecule has 2 aliphatic rings. The van der Waals surface area contributed by atoms with Gasteiger partial charge < -0.3 is 24.8 Å². The lowest BCUT2D eigenvalue weighted by Gasteiger charge is -2.40. The summed E-state index contributed by atoms with van der Waals surface area (Å²) < 4.78 is 11.6. The number of rotatable bonds is 4. The molecule has 0 aromatic heterocycles. The number of hydrogen-bond donors (Lipinski definition) is 3. The van der Waals surface area contributed by atoms with E-state index in [0.29, 0.717) is 11.4 Å². The highest BCUT2D eigenvalue weighted by molar-refractivity contribution is 7.99. The van der Waals surface area contributed by atoms with Gasteiger partial charge in [-0.2, -0.15) is 0 Å². The lowest BCUT2D eigenvalue weighted by molar-refractivity contribution is -0.200. The van der Waals surface area contributed by atoms with Gasteiger partial charge >= 0.3 is 0 Å². The van der Waals surface area contributed by atoms with Crippen LogP contribution in [0.15, 0.2) is 36.4 Å². The number of thioether (sulfide) groups is 1. The summed E-state index contributed by atoms with van der Waals surface area (Å²) in [5.74, 6) is 0.953. The molecule has 3 N–H and O–H groups in total. The summed E-state index contributed by atoms with van der Waals surface area (Å²) in [6.45, 7) is 0.765. The Hall–Kier alpha value is -1.28. The number of aryl methyl sites for hydroxylation is 1. The molecule has 0 bridgehead atoms. The Morgan fingerprint density at radius 2 is 1.90 bits per heavy atom. The zero-order valence-electron chi connectivity index (χ0n) is 16.1. The highest BCUT2D eigenvalue weighted by atomic mass is 35.5. The van der Waals surface area contributed by atoms with Crippen LogP contribution in [0.4, 0.5) is 0 Å². The van der Waals surface area contributed by atoms with E-state index in [1.807, 2.05) is 18.2 Å². The third-order valence-corrected chi connectivity index (χ3v) is 6.79. The van der Waals surface area contributed by atoms with Gasteiger partial charge in [-0.15, -0.1) is 11.8 Å². The number of benzene rings is 2. The monoisotopic (exact) mass is 436 g/mol. The quantitative estimate of drug-likeness (QED) is 0.683. The average molecular weight is 437 g/mol. The largest absolute Gasteiger partial charge is 0.493 e. The minimum Gasteiger partial charge on any atom is -0.493 e. The van der Waals surface area contributed by atoms with Gasteiger partial charge in [0.2, 0.25) is 0 Å². The van der Waals surface area contributed by atoms with Crippen LogP contribution < -0.4 is 4.74 Å². The van der Waals surface area contributed by atoms with Crippen molar-refractivity contribution in [2.24, 2.45) is 0 Å². The molecule has 0 radical (unpaired) electrons. The predicted molar refractivity (Wildman–Crippen MR) is 114 cm³/mol. The van der Waals surface area contributed by atoms with Crippen molar-refractivity contribution in [2.45, 2.75) is 49.1 Å². The van der Waals surface area contributed by atoms with Crippen LogP contribution in [0.1, 0.15) is 34.8 Å². The summed E-state index contributed by atoms with van der Waals surface area (Å²) in [7, 11) is 0. The zero-order valence-corrected chi connectivity index (χ0v) is 17.7. The molecule has 0 spiro atoms. The van der Waals surface area contributed by atoms with E-state index in [9.17, 15) is 15.3 Å². The van der Waals surface area contributed by atoms with Crippen LogP contribution >= 0.6 is 23.4 Å². The van der Waals surface area contributed by atoms with Crippen molar-refractivity contribution < 1.29 is 24.8 Å². The van der Waals surface area contributed by atoms with E-state index in [1.165, 1.54) is 17.3 Å². The molecule has 0 unspecified atom stereocenters. The van der Waals surface area contributed by atoms with Gasteiger partial charge in [-0.1, -0.05) is 35.9 Å². The number of fused-ring (bicyclic) bond motifs is 1. The van der Waals surface area contributed by atoms with Gasteiger partial charge in [0.25, 0.3) is 0 Å². The van der Waals surface area contributed by atoms with Gasteiger partial charge in [-0.25, -0.2) is 0 Å². The van der Waals surface area contributed by atoms with Gasteiger partial charge in [0.05, 0.1) is 6.61 Å². The molecule has 4 rings (SSSR count). The minimum absolute atomic E-state index is 0.613. The second kappa shape index (κ2) is 8.84. The summed E-state index contributed by atoms with van der Waals surface area (Å²) >= 11 is 7.75. The standard InChI is InChI=1S/C22H25ClO5S/c1-29-22-20(26)18(24)19(25)21(28-22)14-5-6-16(23)15(11-14)10-12-4-7-17-13(9-12)3-2-8-27-17/h4-7,9,11,18-22,24-26H,2-3,8,10H2,1H3/t18-,19-,20+,21+,22-/m1/s1. The van der Waals surface area contributed by atoms with Gasteiger partial charge in [0.1, 0.15) is 35.6 Å². The fourth-order valence-electron chi connectivity index (χ4n) is 3.97. The second-order valence-electron chi connectivity index (χ2n) is 7.55. The van der Waals surface area contributed by atoms with Gasteiger partial charge in [0.15, 0.2) is 0 Å². The molecule has 2 aromatic rings. The van der Waals surface area contributed by atoms with Crippen molar-refractivity contribution in [3.8, 4) is 5.75 Å². The normalized spacial score (nSPS) is 29.2. The number of aliphatic hydroxyl groups excluding tert-OH is 3. The molecule has 1 saturated heterocycles. The summed E-state index contributed by atoms with van der Waals surface area (Å²) in [4.78, 5) is 0. The molecular formula is C22H25ClO5S. The van der Waals surface area contributed by atoms with E-state index in [1.54, 1.807) is 18.4 Å². The molecule has 156 valence electrons. The molecule has 0 aliphatic carbocycles. The molecule has 2 aromatic carbocycles. The number of ether oxygens (including phenoxy) is 2. The maximum atomic E-state index is 10.5. The fraction of sp³-hybridized carbons (Fsp3) is 0.455. The van der Waals surface area contributed by atoms with Crippen molar-refractivity contribution >= 4 is 23.4 Å². The minimum atomic E-state index is -1.27. The van der Waals surface area contributed by atoms with Crippen LogP contribution in [0, 0.1) is 0 Å². The maximum absolute atomic E-state index is 10.5. The summed E-state index contributed by atoms with van der Waals surface area (Å²) in [6.07, 6.45) is 0.0976. The van der Waals surface area contributed by atoms with Crippen LogP contribution in [-0.2, 0) is 17.6 Å². The summed E-state index contributed by atoms with van der Waals surface area (Å²) in [5.41, 5.74) is 3.38. The van der Waals surface area contributed by atoms with Crippen LogP contribution in [-0.4, -0.2) is 51.9 Å². The SMILES string of the molecule is CS[C@H]1O[C@@H](c2ccc(Cl)c(Cc3ccc4c(c3)CCCO4)c2)[C@H](O)[C@@H](O)[C@@H]1O. The average Bonchev–Trinajstić information content (AvgIpc) is 2.74. The van der Waals surface area contributed by atoms with E-state index >= 15 is 0 Å². The fourth-order valence-corrected chi connectivity index (χ4v) is 4.82. The van der Waals surface area contributed by atoms with E-state index in [0.717, 1.165) is 41.9 Å². The molecule has 2 heterocycles. The molecule has 2 aliphatic heterocycles. The Balaban J connectivity index is 1.59. The maximum Gasteiger partial charge on any atom is 0.132 e. The third-order valence-electron chi connectivity index (χ3n) is 5.57.